The average Bonchev–Trinajstić information content (AvgIpc) is 2.34. The first-order chi connectivity index (χ1) is 8.19. The van der Waals surface area contributed by atoms with Crippen LogP contribution in [0.25, 0.3) is 0 Å². The number of rotatable bonds is 5. The van der Waals surface area contributed by atoms with Crippen LogP contribution in [-0.4, -0.2) is 5.91 Å². The van der Waals surface area contributed by atoms with Gasteiger partial charge in [-0.3, -0.25) is 4.79 Å². The quantitative estimate of drug-likeness (QED) is 0.874. The summed E-state index contributed by atoms with van der Waals surface area (Å²) in [6, 6.07) is 9.33. The van der Waals surface area contributed by atoms with Crippen LogP contribution in [0.2, 0.25) is 5.02 Å². The van der Waals surface area contributed by atoms with E-state index in [1.54, 1.807) is 6.07 Å². The average molecular weight is 251 g/mol. The molecule has 3 nitrogen and oxygen atoms in total. The van der Waals surface area contributed by atoms with Crippen molar-refractivity contribution in [1.29, 1.82) is 5.26 Å². The van der Waals surface area contributed by atoms with Crippen molar-refractivity contribution in [2.24, 2.45) is 5.92 Å². The summed E-state index contributed by atoms with van der Waals surface area (Å²) >= 11 is 5.97. The van der Waals surface area contributed by atoms with Crippen LogP contribution in [0.3, 0.4) is 0 Å². The van der Waals surface area contributed by atoms with E-state index >= 15 is 0 Å². The topological polar surface area (TPSA) is 52.9 Å². The molecule has 0 spiro atoms. The number of hydrogen-bond donors (Lipinski definition) is 1. The number of hydrogen-bond acceptors (Lipinski definition) is 2. The van der Waals surface area contributed by atoms with Gasteiger partial charge in [0.25, 0.3) is 0 Å². The van der Waals surface area contributed by atoms with Gasteiger partial charge in [-0.2, -0.15) is 5.26 Å². The molecule has 1 aromatic rings. The number of amides is 1. The Kier molecular flexibility index (Phi) is 5.51. The van der Waals surface area contributed by atoms with Gasteiger partial charge in [0.1, 0.15) is 5.92 Å². The molecule has 17 heavy (non-hydrogen) atoms. The number of nitrogens with one attached hydrogen (secondary N) is 1. The number of nitrogens with zero attached hydrogens (tertiary/aromatic N) is 1. The Balaban J connectivity index is 2.54. The van der Waals surface area contributed by atoms with Crippen molar-refractivity contribution in [1.82, 2.24) is 5.32 Å². The maximum atomic E-state index is 11.7. The first-order valence-electron chi connectivity index (χ1n) is 5.59. The number of carbonyl (C=O) groups excluding carboxylic acids is 1. The highest BCUT2D eigenvalue weighted by Gasteiger charge is 2.16. The summed E-state index contributed by atoms with van der Waals surface area (Å²) in [4.78, 5) is 11.7. The number of halogens is 1. The minimum atomic E-state index is -0.567. The van der Waals surface area contributed by atoms with Crippen LogP contribution in [-0.2, 0) is 11.3 Å². The lowest BCUT2D eigenvalue weighted by Gasteiger charge is -2.10. The van der Waals surface area contributed by atoms with Crippen LogP contribution in [0.1, 0.15) is 25.3 Å². The van der Waals surface area contributed by atoms with Crippen LogP contribution >= 0.6 is 11.6 Å². The van der Waals surface area contributed by atoms with Crippen molar-refractivity contribution in [2.75, 3.05) is 0 Å². The molecule has 1 N–H and O–H groups in total. The zero-order valence-corrected chi connectivity index (χ0v) is 10.5. The van der Waals surface area contributed by atoms with E-state index in [0.29, 0.717) is 18.0 Å². The van der Waals surface area contributed by atoms with Gasteiger partial charge in [0.05, 0.1) is 6.07 Å². The van der Waals surface area contributed by atoms with E-state index in [9.17, 15) is 4.79 Å². The molecule has 0 aliphatic heterocycles. The molecule has 0 heterocycles. The summed E-state index contributed by atoms with van der Waals surface area (Å²) < 4.78 is 0. The van der Waals surface area contributed by atoms with Gasteiger partial charge in [-0.15, -0.1) is 0 Å². The van der Waals surface area contributed by atoms with Gasteiger partial charge in [0, 0.05) is 11.6 Å². The van der Waals surface area contributed by atoms with E-state index < -0.39 is 5.92 Å². The van der Waals surface area contributed by atoms with Crippen molar-refractivity contribution >= 4 is 17.5 Å². The minimum absolute atomic E-state index is 0.228. The monoisotopic (exact) mass is 250 g/mol. The lowest BCUT2D eigenvalue weighted by molar-refractivity contribution is -0.123. The molecule has 0 aromatic heterocycles. The molecule has 0 radical (unpaired) electrons. The van der Waals surface area contributed by atoms with Crippen molar-refractivity contribution < 1.29 is 4.79 Å². The Labute approximate surface area is 106 Å². The van der Waals surface area contributed by atoms with E-state index in [0.717, 1.165) is 12.0 Å². The van der Waals surface area contributed by atoms with Crippen molar-refractivity contribution in [3.05, 3.63) is 34.9 Å². The summed E-state index contributed by atoms with van der Waals surface area (Å²) in [5.74, 6) is -0.795. The second kappa shape index (κ2) is 6.93. The Morgan fingerprint density at radius 3 is 2.82 bits per heavy atom. The second-order valence-corrected chi connectivity index (χ2v) is 4.19. The standard InChI is InChI=1S/C13H15ClN2O/c1-2-5-10(8-15)13(17)16-9-11-6-3-4-7-12(11)14/h3-4,6-7,10H,2,5,9H2,1H3,(H,16,17). The zero-order valence-electron chi connectivity index (χ0n) is 9.74. The maximum absolute atomic E-state index is 11.7. The van der Waals surface area contributed by atoms with Crippen LogP contribution in [0.5, 0.6) is 0 Å². The van der Waals surface area contributed by atoms with E-state index in [1.807, 2.05) is 31.2 Å². The van der Waals surface area contributed by atoms with Crippen molar-refractivity contribution in [2.45, 2.75) is 26.3 Å². The lowest BCUT2D eigenvalue weighted by Crippen LogP contribution is -2.29. The predicted molar refractivity (Wildman–Crippen MR) is 67.3 cm³/mol. The van der Waals surface area contributed by atoms with Gasteiger partial charge in [0.2, 0.25) is 5.91 Å². The smallest absolute Gasteiger partial charge is 0.237 e. The third-order valence-corrected chi connectivity index (χ3v) is 2.83. The van der Waals surface area contributed by atoms with Gasteiger partial charge in [-0.1, -0.05) is 43.1 Å². The molecule has 0 aliphatic rings. The van der Waals surface area contributed by atoms with Gasteiger partial charge in [-0.25, -0.2) is 0 Å². The van der Waals surface area contributed by atoms with Crippen molar-refractivity contribution in [3.63, 3.8) is 0 Å². The molecular formula is C13H15ClN2O. The molecule has 1 amide bonds. The molecule has 1 atom stereocenters. The Hall–Kier alpha value is -1.53. The van der Waals surface area contributed by atoms with Crippen molar-refractivity contribution in [3.8, 4) is 6.07 Å². The summed E-state index contributed by atoms with van der Waals surface area (Å²) in [7, 11) is 0. The number of nitriles is 1. The van der Waals surface area contributed by atoms with E-state index in [4.69, 9.17) is 16.9 Å². The molecule has 0 saturated heterocycles. The molecule has 0 bridgehead atoms. The third kappa shape index (κ3) is 4.08. The van der Waals surface area contributed by atoms with Gasteiger partial charge in [-0.05, 0) is 18.1 Å². The fraction of sp³-hybridized carbons (Fsp3) is 0.385. The highest BCUT2D eigenvalue weighted by atomic mass is 35.5. The minimum Gasteiger partial charge on any atom is -0.351 e. The summed E-state index contributed by atoms with van der Waals surface area (Å²) in [5, 5.41) is 12.2. The molecule has 4 heteroatoms. The van der Waals surface area contributed by atoms with E-state index in [-0.39, 0.29) is 5.91 Å². The second-order valence-electron chi connectivity index (χ2n) is 3.78. The zero-order chi connectivity index (χ0) is 12.7. The number of carbonyl (C=O) groups is 1. The first kappa shape index (κ1) is 13.5. The van der Waals surface area contributed by atoms with E-state index in [1.165, 1.54) is 0 Å². The Morgan fingerprint density at radius 1 is 1.53 bits per heavy atom. The summed E-state index contributed by atoms with van der Waals surface area (Å²) in [6.45, 7) is 2.31. The summed E-state index contributed by atoms with van der Waals surface area (Å²) in [6.07, 6.45) is 1.41. The predicted octanol–water partition coefficient (Wildman–Crippen LogP) is 2.90. The maximum Gasteiger partial charge on any atom is 0.237 e. The first-order valence-corrected chi connectivity index (χ1v) is 5.97. The Morgan fingerprint density at radius 2 is 2.24 bits per heavy atom. The molecule has 0 fully saturated rings. The summed E-state index contributed by atoms with van der Waals surface area (Å²) in [5.41, 5.74) is 0.857. The molecule has 90 valence electrons. The highest BCUT2D eigenvalue weighted by Crippen LogP contribution is 2.14. The third-order valence-electron chi connectivity index (χ3n) is 2.46. The SMILES string of the molecule is CCCC(C#N)C(=O)NCc1ccccc1Cl. The van der Waals surface area contributed by atoms with Crippen LogP contribution in [0, 0.1) is 17.2 Å². The molecule has 1 aromatic carbocycles. The van der Waals surface area contributed by atoms with Crippen LogP contribution in [0.15, 0.2) is 24.3 Å². The molecule has 0 aliphatic carbocycles. The Bertz CT molecular complexity index is 426. The van der Waals surface area contributed by atoms with E-state index in [2.05, 4.69) is 5.32 Å². The highest BCUT2D eigenvalue weighted by molar-refractivity contribution is 6.31. The fourth-order valence-electron chi connectivity index (χ4n) is 1.49. The van der Waals surface area contributed by atoms with Crippen LogP contribution < -0.4 is 5.32 Å². The fourth-order valence-corrected chi connectivity index (χ4v) is 1.69. The van der Waals surface area contributed by atoms with Crippen LogP contribution in [0.4, 0.5) is 0 Å². The molecule has 1 unspecified atom stereocenters. The lowest BCUT2D eigenvalue weighted by atomic mass is 10.0. The molecule has 1 rings (SSSR count). The van der Waals surface area contributed by atoms with Gasteiger partial charge in [0.15, 0.2) is 0 Å². The molecule has 0 saturated carbocycles. The van der Waals surface area contributed by atoms with Gasteiger partial charge >= 0.3 is 0 Å². The molecular weight excluding hydrogens is 236 g/mol. The normalized spacial score (nSPS) is 11.6. The number of benzene rings is 1. The largest absolute Gasteiger partial charge is 0.351 e. The van der Waals surface area contributed by atoms with Gasteiger partial charge < -0.3 is 5.32 Å².